The van der Waals surface area contributed by atoms with Gasteiger partial charge in [-0.15, -0.1) is 5.10 Å². The first-order chi connectivity index (χ1) is 16.2. The Bertz CT molecular complexity index is 1230. The molecule has 4 rings (SSSR count). The summed E-state index contributed by atoms with van der Waals surface area (Å²) in [5.74, 6) is 0.932. The van der Waals surface area contributed by atoms with Crippen LogP contribution in [0.5, 0.6) is 0 Å². The van der Waals surface area contributed by atoms with E-state index in [0.717, 1.165) is 17.7 Å². The van der Waals surface area contributed by atoms with E-state index in [-0.39, 0.29) is 16.9 Å². The molecule has 5 nitrogen and oxygen atoms in total. The van der Waals surface area contributed by atoms with Crippen molar-refractivity contribution in [3.05, 3.63) is 83.1 Å². The lowest BCUT2D eigenvalue weighted by molar-refractivity contribution is -0.137. The smallest absolute Gasteiger partial charge is 0.416 e. The molecule has 0 spiro atoms. The first-order valence-electron chi connectivity index (χ1n) is 10.6. The molecule has 1 N–H and O–H groups in total. The zero-order valence-electron chi connectivity index (χ0n) is 18.5. The van der Waals surface area contributed by atoms with Gasteiger partial charge in [-0.2, -0.15) is 18.3 Å². The second-order valence-corrected chi connectivity index (χ2v) is 9.32. The number of alkyl halides is 3. The van der Waals surface area contributed by atoms with E-state index in [1.807, 2.05) is 12.1 Å². The van der Waals surface area contributed by atoms with Crippen LogP contribution in [0.2, 0.25) is 0 Å². The number of furan rings is 1. The third-order valence-electron chi connectivity index (χ3n) is 5.28. The van der Waals surface area contributed by atoms with Crippen molar-refractivity contribution in [2.75, 3.05) is 0 Å². The number of amidine groups is 1. The summed E-state index contributed by atoms with van der Waals surface area (Å²) in [5.41, 5.74) is 1.88. The van der Waals surface area contributed by atoms with E-state index >= 15 is 0 Å². The second-order valence-electron chi connectivity index (χ2n) is 8.13. The Balaban J connectivity index is 1.38. The van der Waals surface area contributed by atoms with Crippen molar-refractivity contribution in [1.29, 1.82) is 0 Å². The summed E-state index contributed by atoms with van der Waals surface area (Å²) in [7, 11) is 0. The number of hydrogen-bond acceptors (Lipinski definition) is 5. The van der Waals surface area contributed by atoms with Crippen molar-refractivity contribution in [2.45, 2.75) is 37.6 Å². The van der Waals surface area contributed by atoms with Gasteiger partial charge >= 0.3 is 6.18 Å². The van der Waals surface area contributed by atoms with Crippen LogP contribution in [0.4, 0.5) is 13.2 Å². The number of rotatable bonds is 6. The number of carbonyl (C=O) groups is 1. The van der Waals surface area contributed by atoms with Gasteiger partial charge in [0.05, 0.1) is 17.0 Å². The number of hydrogen-bond donors (Lipinski definition) is 1. The number of halogens is 3. The molecule has 1 atom stereocenters. The third kappa shape index (κ3) is 5.77. The van der Waals surface area contributed by atoms with Crippen LogP contribution in [0.3, 0.4) is 0 Å². The highest BCUT2D eigenvalue weighted by Gasteiger charge is 2.31. The first kappa shape index (κ1) is 23.8. The molecular weight excluding hydrogens is 463 g/mol. The molecule has 9 heteroatoms. The fourth-order valence-corrected chi connectivity index (χ4v) is 4.37. The maximum atomic E-state index is 12.9. The molecule has 1 aliphatic heterocycles. The fraction of sp³-hybridized carbons (Fsp3) is 0.240. The monoisotopic (exact) mass is 485 g/mol. The van der Waals surface area contributed by atoms with E-state index in [1.54, 1.807) is 12.1 Å². The lowest BCUT2D eigenvalue weighted by atomic mass is 10.0. The van der Waals surface area contributed by atoms with E-state index in [1.165, 1.54) is 35.7 Å². The highest BCUT2D eigenvalue weighted by atomic mass is 32.2. The summed E-state index contributed by atoms with van der Waals surface area (Å²) in [6, 6.07) is 16.3. The number of benzene rings is 2. The molecule has 0 aliphatic carbocycles. The summed E-state index contributed by atoms with van der Waals surface area (Å²) >= 11 is 1.30. The number of amides is 1. The van der Waals surface area contributed by atoms with Crippen molar-refractivity contribution >= 4 is 29.1 Å². The molecule has 0 radical (unpaired) electrons. The van der Waals surface area contributed by atoms with E-state index in [4.69, 9.17) is 4.42 Å². The van der Waals surface area contributed by atoms with Crippen molar-refractivity contribution in [1.82, 2.24) is 5.32 Å². The molecule has 2 heterocycles. The van der Waals surface area contributed by atoms with Gasteiger partial charge in [0.2, 0.25) is 5.91 Å². The molecule has 1 aromatic heterocycles. The van der Waals surface area contributed by atoms with Crippen LogP contribution in [0.15, 0.2) is 75.3 Å². The third-order valence-corrected chi connectivity index (χ3v) is 6.35. The van der Waals surface area contributed by atoms with Gasteiger partial charge in [0.1, 0.15) is 11.5 Å². The summed E-state index contributed by atoms with van der Waals surface area (Å²) in [5, 5.41) is 10.8. The van der Waals surface area contributed by atoms with Gasteiger partial charge in [0.25, 0.3) is 0 Å². The van der Waals surface area contributed by atoms with Crippen LogP contribution < -0.4 is 5.32 Å². The minimum Gasteiger partial charge on any atom is -0.455 e. The highest BCUT2D eigenvalue weighted by molar-refractivity contribution is 8.15. The Kier molecular flexibility index (Phi) is 6.92. The predicted octanol–water partition coefficient (Wildman–Crippen LogP) is 6.25. The minimum absolute atomic E-state index is 0.128. The van der Waals surface area contributed by atoms with Crippen LogP contribution in [-0.4, -0.2) is 22.5 Å². The predicted molar refractivity (Wildman–Crippen MR) is 128 cm³/mol. The number of nitrogens with one attached hydrogen (secondary N) is 1. The van der Waals surface area contributed by atoms with Gasteiger partial charge in [-0.3, -0.25) is 4.79 Å². The molecule has 2 aromatic carbocycles. The van der Waals surface area contributed by atoms with Gasteiger partial charge in [0, 0.05) is 5.56 Å². The lowest BCUT2D eigenvalue weighted by Gasteiger charge is -2.08. The van der Waals surface area contributed by atoms with Crippen molar-refractivity contribution in [2.24, 2.45) is 10.2 Å². The summed E-state index contributed by atoms with van der Waals surface area (Å²) in [4.78, 5) is 12.3. The van der Waals surface area contributed by atoms with Gasteiger partial charge in [-0.1, -0.05) is 62.0 Å². The minimum atomic E-state index is -4.43. The van der Waals surface area contributed by atoms with Gasteiger partial charge in [-0.05, 0) is 47.7 Å². The number of thioether (sulfide) groups is 1. The van der Waals surface area contributed by atoms with E-state index in [9.17, 15) is 18.0 Å². The summed E-state index contributed by atoms with van der Waals surface area (Å²) < 4.78 is 44.4. The maximum absolute atomic E-state index is 12.9. The summed E-state index contributed by atoms with van der Waals surface area (Å²) in [6.45, 7) is 4.26. The Morgan fingerprint density at radius 2 is 1.88 bits per heavy atom. The standard InChI is InChI=1S/C25H22F3N3O2S/c1-15(2)17-8-6-16(7-9-17)12-22-23(32)30-24(34-22)31-29-14-20-10-11-21(33-20)18-4-3-5-19(13-18)25(26,27)28/h3-11,13-15,22H,12H2,1-2H3,(H,30,31,32)/b29-14+. The highest BCUT2D eigenvalue weighted by Crippen LogP contribution is 2.32. The quantitative estimate of drug-likeness (QED) is 0.331. The molecule has 176 valence electrons. The Labute approximate surface area is 199 Å². The molecule has 1 saturated heterocycles. The average Bonchev–Trinajstić information content (AvgIpc) is 3.40. The van der Waals surface area contributed by atoms with E-state index < -0.39 is 11.7 Å². The molecule has 1 amide bonds. The SMILES string of the molecule is CC(C)c1ccc(CC2S/C(=N/N=C/c3ccc(-c4cccc(C(F)(F)F)c4)o3)NC2=O)cc1. The van der Waals surface area contributed by atoms with Crippen molar-refractivity contribution in [3.63, 3.8) is 0 Å². The molecule has 0 saturated carbocycles. The van der Waals surface area contributed by atoms with Gasteiger partial charge < -0.3 is 9.73 Å². The fourth-order valence-electron chi connectivity index (χ4n) is 3.40. The largest absolute Gasteiger partial charge is 0.455 e. The zero-order valence-corrected chi connectivity index (χ0v) is 19.3. The Morgan fingerprint density at radius 1 is 1.12 bits per heavy atom. The zero-order chi connectivity index (χ0) is 24.3. The van der Waals surface area contributed by atoms with Gasteiger partial charge in [-0.25, -0.2) is 0 Å². The van der Waals surface area contributed by atoms with E-state index in [0.29, 0.717) is 28.8 Å². The van der Waals surface area contributed by atoms with Crippen LogP contribution in [-0.2, 0) is 17.4 Å². The average molecular weight is 486 g/mol. The van der Waals surface area contributed by atoms with Crippen molar-refractivity contribution < 1.29 is 22.4 Å². The Morgan fingerprint density at radius 3 is 2.59 bits per heavy atom. The number of carbonyl (C=O) groups excluding carboxylic acids is 1. The lowest BCUT2D eigenvalue weighted by Crippen LogP contribution is -2.25. The first-order valence-corrected chi connectivity index (χ1v) is 11.5. The molecule has 3 aromatic rings. The second kappa shape index (κ2) is 9.89. The molecular formula is C25H22F3N3O2S. The molecule has 1 fully saturated rings. The maximum Gasteiger partial charge on any atom is 0.416 e. The Hall–Kier alpha value is -3.33. The summed E-state index contributed by atoms with van der Waals surface area (Å²) in [6.07, 6.45) is -2.51. The van der Waals surface area contributed by atoms with Crippen LogP contribution in [0.25, 0.3) is 11.3 Å². The van der Waals surface area contributed by atoms with Crippen LogP contribution in [0, 0.1) is 0 Å². The van der Waals surface area contributed by atoms with Crippen LogP contribution in [0.1, 0.15) is 42.2 Å². The molecule has 1 aliphatic rings. The molecule has 1 unspecified atom stereocenters. The topological polar surface area (TPSA) is 67.0 Å². The normalized spacial score (nSPS) is 17.8. The number of nitrogens with zero attached hydrogens (tertiary/aromatic N) is 2. The van der Waals surface area contributed by atoms with Gasteiger partial charge in [0.15, 0.2) is 5.17 Å². The van der Waals surface area contributed by atoms with Crippen LogP contribution >= 0.6 is 11.8 Å². The molecule has 34 heavy (non-hydrogen) atoms. The molecule has 0 bridgehead atoms. The van der Waals surface area contributed by atoms with E-state index in [2.05, 4.69) is 41.5 Å². The van der Waals surface area contributed by atoms with Crippen molar-refractivity contribution in [3.8, 4) is 11.3 Å².